The summed E-state index contributed by atoms with van der Waals surface area (Å²) in [4.78, 5) is 34.8. The largest absolute Gasteiger partial charge is 0.341 e. The van der Waals surface area contributed by atoms with Gasteiger partial charge >= 0.3 is 0 Å². The zero-order valence-corrected chi connectivity index (χ0v) is 18.8. The van der Waals surface area contributed by atoms with Crippen molar-refractivity contribution in [3.8, 4) is 0 Å². The van der Waals surface area contributed by atoms with Gasteiger partial charge in [-0.3, -0.25) is 9.59 Å². The monoisotopic (exact) mass is 430 g/mol. The maximum atomic E-state index is 13.2. The van der Waals surface area contributed by atoms with Crippen LogP contribution in [0.1, 0.15) is 43.5 Å². The molecule has 3 aromatic rings. The van der Waals surface area contributed by atoms with Crippen LogP contribution in [0.2, 0.25) is 0 Å². The molecule has 0 bridgehead atoms. The van der Waals surface area contributed by atoms with Crippen LogP contribution < -0.4 is 4.90 Å². The van der Waals surface area contributed by atoms with Crippen LogP contribution in [-0.4, -0.2) is 45.9 Å². The number of amides is 2. The molecular formula is C26H30N4O2. The van der Waals surface area contributed by atoms with Crippen LogP contribution in [0.15, 0.2) is 48.5 Å². The summed E-state index contributed by atoms with van der Waals surface area (Å²) in [6.07, 6.45) is 2.53. The molecule has 2 saturated heterocycles. The molecule has 5 rings (SSSR count). The normalized spacial score (nSPS) is 19.8. The van der Waals surface area contributed by atoms with E-state index in [9.17, 15) is 9.59 Å². The number of carbonyl (C=O) groups is 2. The number of aromatic nitrogens is 2. The Hall–Kier alpha value is -3.15. The highest BCUT2D eigenvalue weighted by atomic mass is 16.2. The van der Waals surface area contributed by atoms with Crippen LogP contribution in [0.4, 0.5) is 5.69 Å². The van der Waals surface area contributed by atoms with Gasteiger partial charge in [0.25, 0.3) is 0 Å². The Morgan fingerprint density at radius 1 is 1.06 bits per heavy atom. The number of benzene rings is 2. The first-order valence-corrected chi connectivity index (χ1v) is 11.6. The Balaban J connectivity index is 1.43. The van der Waals surface area contributed by atoms with Crippen LogP contribution in [0, 0.1) is 12.8 Å². The summed E-state index contributed by atoms with van der Waals surface area (Å²) >= 11 is 0. The van der Waals surface area contributed by atoms with Crippen LogP contribution >= 0.6 is 0 Å². The number of rotatable bonds is 4. The molecule has 6 heteroatoms. The van der Waals surface area contributed by atoms with E-state index in [1.54, 1.807) is 0 Å². The SMILES string of the molecule is Cc1ccc(N2CC(c3nc4ccccc4n3CC(=O)N3CCC(C)CC3)CC2=O)cc1. The van der Waals surface area contributed by atoms with Crippen molar-refractivity contribution in [3.63, 3.8) is 0 Å². The Bertz CT molecular complexity index is 1140. The molecular weight excluding hydrogens is 400 g/mol. The molecule has 0 N–H and O–H groups in total. The number of nitrogens with zero attached hydrogens (tertiary/aromatic N) is 4. The molecule has 2 amide bonds. The van der Waals surface area contributed by atoms with Crippen LogP contribution in [0.3, 0.4) is 0 Å². The Kier molecular flexibility index (Phi) is 5.45. The number of anilines is 1. The third kappa shape index (κ3) is 3.90. The molecule has 6 nitrogen and oxygen atoms in total. The summed E-state index contributed by atoms with van der Waals surface area (Å²) in [5.41, 5.74) is 3.93. The zero-order valence-electron chi connectivity index (χ0n) is 18.8. The molecule has 1 unspecified atom stereocenters. The van der Waals surface area contributed by atoms with E-state index in [1.807, 2.05) is 69.8 Å². The molecule has 0 saturated carbocycles. The topological polar surface area (TPSA) is 58.4 Å². The lowest BCUT2D eigenvalue weighted by molar-refractivity contribution is -0.133. The number of hydrogen-bond donors (Lipinski definition) is 0. The van der Waals surface area contributed by atoms with E-state index in [2.05, 4.69) is 6.92 Å². The third-order valence-electron chi connectivity index (χ3n) is 6.95. The second-order valence-corrected chi connectivity index (χ2v) is 9.35. The minimum atomic E-state index is -0.0367. The summed E-state index contributed by atoms with van der Waals surface area (Å²) in [5, 5.41) is 0. The molecule has 1 atom stereocenters. The lowest BCUT2D eigenvalue weighted by Gasteiger charge is -2.30. The number of para-hydroxylation sites is 2. The number of hydrogen-bond acceptors (Lipinski definition) is 3. The van der Waals surface area contributed by atoms with Crippen LogP contribution in [0.5, 0.6) is 0 Å². The summed E-state index contributed by atoms with van der Waals surface area (Å²) in [5.74, 6) is 1.73. The maximum absolute atomic E-state index is 13.2. The lowest BCUT2D eigenvalue weighted by atomic mass is 9.99. The van der Waals surface area contributed by atoms with Crippen molar-refractivity contribution >= 4 is 28.5 Å². The van der Waals surface area contributed by atoms with Gasteiger partial charge in [-0.25, -0.2) is 4.98 Å². The van der Waals surface area contributed by atoms with Gasteiger partial charge in [0.15, 0.2) is 0 Å². The van der Waals surface area contributed by atoms with Gasteiger partial charge in [0.05, 0.1) is 11.0 Å². The highest BCUT2D eigenvalue weighted by Gasteiger charge is 2.35. The zero-order chi connectivity index (χ0) is 22.2. The average molecular weight is 431 g/mol. The minimum Gasteiger partial charge on any atom is -0.341 e. The first kappa shape index (κ1) is 20.7. The molecule has 0 spiro atoms. The second-order valence-electron chi connectivity index (χ2n) is 9.35. The number of imidazole rings is 1. The molecule has 0 aliphatic carbocycles. The first-order chi connectivity index (χ1) is 15.5. The van der Waals surface area contributed by atoms with Gasteiger partial charge in [0.2, 0.25) is 11.8 Å². The molecule has 32 heavy (non-hydrogen) atoms. The molecule has 0 radical (unpaired) electrons. The van der Waals surface area contributed by atoms with Crippen molar-refractivity contribution in [2.45, 2.75) is 45.6 Å². The minimum absolute atomic E-state index is 0.0367. The summed E-state index contributed by atoms with van der Waals surface area (Å²) in [7, 11) is 0. The Labute approximate surface area is 188 Å². The van der Waals surface area contributed by atoms with E-state index < -0.39 is 0 Å². The molecule has 1 aromatic heterocycles. The fourth-order valence-electron chi connectivity index (χ4n) is 4.92. The summed E-state index contributed by atoms with van der Waals surface area (Å²) < 4.78 is 2.05. The number of fused-ring (bicyclic) bond motifs is 1. The third-order valence-corrected chi connectivity index (χ3v) is 6.95. The van der Waals surface area contributed by atoms with E-state index in [4.69, 9.17) is 4.98 Å². The quantitative estimate of drug-likeness (QED) is 0.626. The fraction of sp³-hybridized carbons (Fsp3) is 0.423. The van der Waals surface area contributed by atoms with Crippen molar-refractivity contribution in [2.75, 3.05) is 24.5 Å². The van der Waals surface area contributed by atoms with Gasteiger partial charge in [-0.05, 0) is 49.9 Å². The molecule has 2 aromatic carbocycles. The van der Waals surface area contributed by atoms with Gasteiger partial charge in [0, 0.05) is 37.7 Å². The number of piperidine rings is 1. The molecule has 3 heterocycles. The smallest absolute Gasteiger partial charge is 0.242 e. The van der Waals surface area contributed by atoms with Crippen molar-refractivity contribution in [3.05, 3.63) is 59.9 Å². The van der Waals surface area contributed by atoms with Gasteiger partial charge < -0.3 is 14.4 Å². The van der Waals surface area contributed by atoms with Gasteiger partial charge in [-0.2, -0.15) is 0 Å². The average Bonchev–Trinajstić information content (AvgIpc) is 3.35. The Morgan fingerprint density at radius 2 is 1.78 bits per heavy atom. The van der Waals surface area contributed by atoms with Gasteiger partial charge in [-0.1, -0.05) is 36.8 Å². The van der Waals surface area contributed by atoms with E-state index >= 15 is 0 Å². The number of carbonyl (C=O) groups excluding carboxylic acids is 2. The maximum Gasteiger partial charge on any atom is 0.242 e. The van der Waals surface area contributed by atoms with E-state index in [1.165, 1.54) is 5.56 Å². The van der Waals surface area contributed by atoms with Crippen LogP contribution in [0.25, 0.3) is 11.0 Å². The Morgan fingerprint density at radius 3 is 2.53 bits per heavy atom. The predicted octanol–water partition coefficient (Wildman–Crippen LogP) is 4.12. The second kappa shape index (κ2) is 8.41. The van der Waals surface area contributed by atoms with E-state index in [0.717, 1.165) is 48.5 Å². The van der Waals surface area contributed by atoms with Crippen molar-refractivity contribution < 1.29 is 9.59 Å². The van der Waals surface area contributed by atoms with Crippen molar-refractivity contribution in [1.29, 1.82) is 0 Å². The highest BCUT2D eigenvalue weighted by molar-refractivity contribution is 5.96. The molecule has 2 aliphatic heterocycles. The first-order valence-electron chi connectivity index (χ1n) is 11.6. The standard InChI is InChI=1S/C26H30N4O2/c1-18-7-9-21(10-8-18)29-16-20(15-24(29)31)26-27-22-5-3-4-6-23(22)30(26)17-25(32)28-13-11-19(2)12-14-28/h3-10,19-20H,11-17H2,1-2H3. The number of likely N-dealkylation sites (tertiary alicyclic amines) is 1. The molecule has 2 aliphatic rings. The van der Waals surface area contributed by atoms with Gasteiger partial charge in [-0.15, -0.1) is 0 Å². The van der Waals surface area contributed by atoms with E-state index in [-0.39, 0.29) is 24.3 Å². The lowest BCUT2D eigenvalue weighted by Crippen LogP contribution is -2.40. The van der Waals surface area contributed by atoms with Crippen molar-refractivity contribution in [1.82, 2.24) is 14.5 Å². The fourth-order valence-corrected chi connectivity index (χ4v) is 4.92. The van der Waals surface area contributed by atoms with E-state index in [0.29, 0.717) is 18.9 Å². The van der Waals surface area contributed by atoms with Gasteiger partial charge in [0.1, 0.15) is 12.4 Å². The highest BCUT2D eigenvalue weighted by Crippen LogP contribution is 2.33. The summed E-state index contributed by atoms with van der Waals surface area (Å²) in [6, 6.07) is 16.0. The molecule has 166 valence electrons. The van der Waals surface area contributed by atoms with Crippen molar-refractivity contribution in [2.24, 2.45) is 5.92 Å². The van der Waals surface area contributed by atoms with Crippen LogP contribution in [-0.2, 0) is 16.1 Å². The summed E-state index contributed by atoms with van der Waals surface area (Å²) in [6.45, 7) is 6.80. The molecule has 2 fully saturated rings. The number of aryl methyl sites for hydroxylation is 1. The predicted molar refractivity (Wildman–Crippen MR) is 126 cm³/mol.